The van der Waals surface area contributed by atoms with Gasteiger partial charge in [-0.15, -0.1) is 0 Å². The van der Waals surface area contributed by atoms with E-state index in [1.807, 2.05) is 25.1 Å². The molecule has 0 radical (unpaired) electrons. The Morgan fingerprint density at radius 3 is 2.67 bits per heavy atom. The quantitative estimate of drug-likeness (QED) is 0.872. The number of nitrogens with zero attached hydrogens (tertiary/aromatic N) is 1. The van der Waals surface area contributed by atoms with Crippen molar-refractivity contribution < 1.29 is 14.7 Å². The van der Waals surface area contributed by atoms with Crippen molar-refractivity contribution >= 4 is 33.6 Å². The van der Waals surface area contributed by atoms with Crippen LogP contribution in [0.15, 0.2) is 22.7 Å². The van der Waals surface area contributed by atoms with Crippen LogP contribution in [0.1, 0.15) is 24.8 Å². The first-order chi connectivity index (χ1) is 9.95. The highest BCUT2D eigenvalue weighted by Crippen LogP contribution is 2.23. The lowest BCUT2D eigenvalue weighted by atomic mass is 9.94. The lowest BCUT2D eigenvalue weighted by Crippen LogP contribution is -2.41. The van der Waals surface area contributed by atoms with E-state index in [2.05, 4.69) is 21.2 Å². The Bertz CT molecular complexity index is 540. The fourth-order valence-corrected chi connectivity index (χ4v) is 2.87. The van der Waals surface area contributed by atoms with Crippen LogP contribution >= 0.6 is 15.9 Å². The molecule has 0 bridgehead atoms. The van der Waals surface area contributed by atoms with Gasteiger partial charge in [0.05, 0.1) is 0 Å². The molecule has 5 nitrogen and oxygen atoms in total. The van der Waals surface area contributed by atoms with E-state index in [9.17, 15) is 9.59 Å². The largest absolute Gasteiger partial charge is 0.481 e. The van der Waals surface area contributed by atoms with Crippen LogP contribution < -0.4 is 5.32 Å². The van der Waals surface area contributed by atoms with Crippen LogP contribution in [0.2, 0.25) is 0 Å². The maximum Gasteiger partial charge on any atom is 0.321 e. The summed E-state index contributed by atoms with van der Waals surface area (Å²) < 4.78 is 0.920. The van der Waals surface area contributed by atoms with E-state index in [0.29, 0.717) is 13.1 Å². The Morgan fingerprint density at radius 2 is 2.05 bits per heavy atom. The Balaban J connectivity index is 1.90. The second kappa shape index (κ2) is 6.93. The van der Waals surface area contributed by atoms with Crippen LogP contribution in [-0.4, -0.2) is 35.1 Å². The van der Waals surface area contributed by atoms with E-state index < -0.39 is 5.97 Å². The average Bonchev–Trinajstić information content (AvgIpc) is 2.43. The Hall–Kier alpha value is -1.56. The number of amides is 2. The Kier molecular flexibility index (Phi) is 5.22. The number of aliphatic carboxylic acids is 1. The minimum Gasteiger partial charge on any atom is -0.481 e. The first-order valence-corrected chi connectivity index (χ1v) is 7.79. The predicted molar refractivity (Wildman–Crippen MR) is 84.4 cm³/mol. The molecule has 1 aliphatic heterocycles. The third-order valence-electron chi connectivity index (χ3n) is 3.81. The number of carbonyl (C=O) groups excluding carboxylic acids is 1. The summed E-state index contributed by atoms with van der Waals surface area (Å²) in [6, 6.07) is 5.64. The molecule has 6 heteroatoms. The number of carbonyl (C=O) groups is 2. The molecule has 2 rings (SSSR count). The van der Waals surface area contributed by atoms with Gasteiger partial charge < -0.3 is 15.3 Å². The van der Waals surface area contributed by atoms with Gasteiger partial charge in [0, 0.05) is 29.7 Å². The van der Waals surface area contributed by atoms with Crippen LogP contribution in [0.25, 0.3) is 0 Å². The summed E-state index contributed by atoms with van der Waals surface area (Å²) in [5.41, 5.74) is 1.80. The fraction of sp³-hybridized carbons (Fsp3) is 0.467. The van der Waals surface area contributed by atoms with E-state index in [0.717, 1.165) is 28.6 Å². The predicted octanol–water partition coefficient (Wildman–Crippen LogP) is 3.48. The summed E-state index contributed by atoms with van der Waals surface area (Å²) in [6.07, 6.45) is 1.69. The van der Waals surface area contributed by atoms with Crippen molar-refractivity contribution in [3.05, 3.63) is 28.2 Å². The van der Waals surface area contributed by atoms with Crippen molar-refractivity contribution in [3.63, 3.8) is 0 Å². The number of carboxylic acid groups (broad SMARTS) is 1. The molecule has 0 atom stereocenters. The third kappa shape index (κ3) is 4.46. The second-order valence-corrected chi connectivity index (χ2v) is 6.33. The summed E-state index contributed by atoms with van der Waals surface area (Å²) >= 11 is 3.39. The molecule has 1 fully saturated rings. The molecule has 0 unspecified atom stereocenters. The van der Waals surface area contributed by atoms with E-state index in [-0.39, 0.29) is 18.4 Å². The monoisotopic (exact) mass is 354 g/mol. The molecule has 1 saturated heterocycles. The number of urea groups is 1. The lowest BCUT2D eigenvalue weighted by Gasteiger charge is -2.31. The topological polar surface area (TPSA) is 69.6 Å². The highest BCUT2D eigenvalue weighted by Gasteiger charge is 2.24. The highest BCUT2D eigenvalue weighted by atomic mass is 79.9. The molecule has 0 saturated carbocycles. The van der Waals surface area contributed by atoms with Gasteiger partial charge in [-0.25, -0.2) is 4.79 Å². The third-order valence-corrected chi connectivity index (χ3v) is 4.30. The number of hydrogen-bond donors (Lipinski definition) is 2. The molecule has 21 heavy (non-hydrogen) atoms. The number of benzene rings is 1. The molecule has 1 aromatic rings. The number of hydrogen-bond acceptors (Lipinski definition) is 2. The molecule has 0 aliphatic carbocycles. The van der Waals surface area contributed by atoms with Gasteiger partial charge in [-0.2, -0.15) is 0 Å². The zero-order valence-corrected chi connectivity index (χ0v) is 13.5. The van der Waals surface area contributed by atoms with Crippen molar-refractivity contribution in [3.8, 4) is 0 Å². The maximum atomic E-state index is 12.2. The number of carboxylic acids is 1. The van der Waals surface area contributed by atoms with Crippen molar-refractivity contribution in [1.82, 2.24) is 4.90 Å². The minimum absolute atomic E-state index is 0.120. The summed E-state index contributed by atoms with van der Waals surface area (Å²) in [5, 5.41) is 11.7. The van der Waals surface area contributed by atoms with Gasteiger partial charge in [-0.1, -0.05) is 22.0 Å². The second-order valence-electron chi connectivity index (χ2n) is 5.42. The SMILES string of the molecule is Cc1ccc(Br)cc1NC(=O)N1CCC(CC(=O)O)CC1. The lowest BCUT2D eigenvalue weighted by molar-refractivity contribution is -0.138. The number of aryl methyl sites for hydroxylation is 1. The average molecular weight is 355 g/mol. The van der Waals surface area contributed by atoms with E-state index in [1.165, 1.54) is 0 Å². The molecule has 114 valence electrons. The molecular formula is C15H19BrN2O3. The highest BCUT2D eigenvalue weighted by molar-refractivity contribution is 9.10. The number of nitrogens with one attached hydrogen (secondary N) is 1. The number of anilines is 1. The van der Waals surface area contributed by atoms with E-state index in [1.54, 1.807) is 4.90 Å². The molecule has 2 amide bonds. The summed E-state index contributed by atoms with van der Waals surface area (Å²) in [6.45, 7) is 3.16. The number of halogens is 1. The van der Waals surface area contributed by atoms with Crippen LogP contribution in [0.3, 0.4) is 0 Å². The number of piperidine rings is 1. The van der Waals surface area contributed by atoms with Crippen LogP contribution in [0.4, 0.5) is 10.5 Å². The number of rotatable bonds is 3. The van der Waals surface area contributed by atoms with Gasteiger partial charge in [-0.05, 0) is 43.4 Å². The van der Waals surface area contributed by atoms with Crippen molar-refractivity contribution in [1.29, 1.82) is 0 Å². The minimum atomic E-state index is -0.761. The van der Waals surface area contributed by atoms with Crippen molar-refractivity contribution in [2.24, 2.45) is 5.92 Å². The van der Waals surface area contributed by atoms with Gasteiger partial charge in [0.15, 0.2) is 0 Å². The standard InChI is InChI=1S/C15H19BrN2O3/c1-10-2-3-12(16)9-13(10)17-15(21)18-6-4-11(5-7-18)8-14(19)20/h2-3,9,11H,4-8H2,1H3,(H,17,21)(H,19,20). The van der Waals surface area contributed by atoms with Crippen LogP contribution in [-0.2, 0) is 4.79 Å². The van der Waals surface area contributed by atoms with Crippen molar-refractivity contribution in [2.45, 2.75) is 26.2 Å². The molecule has 0 spiro atoms. The van der Waals surface area contributed by atoms with Gasteiger partial charge >= 0.3 is 12.0 Å². The first-order valence-electron chi connectivity index (χ1n) is 6.99. The van der Waals surface area contributed by atoms with E-state index in [4.69, 9.17) is 5.11 Å². The fourth-order valence-electron chi connectivity index (χ4n) is 2.51. The van der Waals surface area contributed by atoms with Crippen molar-refractivity contribution in [2.75, 3.05) is 18.4 Å². The van der Waals surface area contributed by atoms with E-state index >= 15 is 0 Å². The molecule has 2 N–H and O–H groups in total. The first kappa shape index (κ1) is 15.8. The smallest absolute Gasteiger partial charge is 0.321 e. The molecule has 1 aliphatic rings. The van der Waals surface area contributed by atoms with Gasteiger partial charge in [0.1, 0.15) is 0 Å². The number of likely N-dealkylation sites (tertiary alicyclic amines) is 1. The molecule has 0 aromatic heterocycles. The van der Waals surface area contributed by atoms with Crippen LogP contribution in [0.5, 0.6) is 0 Å². The molecule has 1 heterocycles. The van der Waals surface area contributed by atoms with Gasteiger partial charge in [0.2, 0.25) is 0 Å². The molecule has 1 aromatic carbocycles. The van der Waals surface area contributed by atoms with Crippen LogP contribution in [0, 0.1) is 12.8 Å². The Morgan fingerprint density at radius 1 is 1.38 bits per heavy atom. The summed E-state index contributed by atoms with van der Waals surface area (Å²) in [5.74, 6) is -0.582. The Labute approximate surface area is 132 Å². The molecular weight excluding hydrogens is 336 g/mol. The zero-order chi connectivity index (χ0) is 15.4. The summed E-state index contributed by atoms with van der Waals surface area (Å²) in [7, 11) is 0. The zero-order valence-electron chi connectivity index (χ0n) is 11.9. The maximum absolute atomic E-state index is 12.2. The normalized spacial score (nSPS) is 15.8. The van der Waals surface area contributed by atoms with Gasteiger partial charge in [0.25, 0.3) is 0 Å². The summed E-state index contributed by atoms with van der Waals surface area (Å²) in [4.78, 5) is 24.7. The van der Waals surface area contributed by atoms with Gasteiger partial charge in [-0.3, -0.25) is 4.79 Å².